The van der Waals surface area contributed by atoms with E-state index in [0.29, 0.717) is 22.9 Å². The van der Waals surface area contributed by atoms with Gasteiger partial charge in [0, 0.05) is 16.4 Å². The number of rotatable bonds is 6. The first-order valence-electron chi connectivity index (χ1n) is 7.83. The molecule has 1 saturated heterocycles. The van der Waals surface area contributed by atoms with E-state index in [-0.39, 0.29) is 12.5 Å². The predicted octanol–water partition coefficient (Wildman–Crippen LogP) is 3.80. The number of nitrogens with one attached hydrogen (secondary N) is 1. The summed E-state index contributed by atoms with van der Waals surface area (Å²) in [5.74, 6) is -0.792. The minimum absolute atomic E-state index is 0.271. The quantitative estimate of drug-likeness (QED) is 0.741. The van der Waals surface area contributed by atoms with Gasteiger partial charge in [-0.1, -0.05) is 29.8 Å². The summed E-state index contributed by atoms with van der Waals surface area (Å²) in [7, 11) is 0. The van der Waals surface area contributed by atoms with Gasteiger partial charge in [-0.3, -0.25) is 19.3 Å². The summed E-state index contributed by atoms with van der Waals surface area (Å²) in [5, 5.41) is 4.86. The minimum atomic E-state index is -0.429. The van der Waals surface area contributed by atoms with Crippen molar-refractivity contribution in [3.8, 4) is 0 Å². The number of hydrogen-bond donors (Lipinski definition) is 1. The molecule has 8 heteroatoms. The Morgan fingerprint density at radius 2 is 1.96 bits per heavy atom. The van der Waals surface area contributed by atoms with Gasteiger partial charge in [-0.25, -0.2) is 0 Å². The summed E-state index contributed by atoms with van der Waals surface area (Å²) in [6.45, 7) is 0.148. The minimum Gasteiger partial charge on any atom is -0.354 e. The molecule has 134 valence electrons. The number of carbonyl (C=O) groups excluding carboxylic acids is 3. The largest absolute Gasteiger partial charge is 0.354 e. The zero-order valence-corrected chi connectivity index (χ0v) is 16.0. The van der Waals surface area contributed by atoms with Crippen LogP contribution in [0.5, 0.6) is 0 Å². The summed E-state index contributed by atoms with van der Waals surface area (Å²) in [4.78, 5) is 38.6. The molecule has 3 rings (SSSR count). The monoisotopic (exact) mass is 406 g/mol. The predicted molar refractivity (Wildman–Crippen MR) is 105 cm³/mol. The Bertz CT molecular complexity index is 848. The van der Waals surface area contributed by atoms with E-state index in [1.807, 2.05) is 29.6 Å². The maximum Gasteiger partial charge on any atom is 0.294 e. The van der Waals surface area contributed by atoms with Crippen LogP contribution < -0.4 is 5.32 Å². The van der Waals surface area contributed by atoms with E-state index in [1.165, 1.54) is 11.3 Å². The van der Waals surface area contributed by atoms with Crippen molar-refractivity contribution in [3.63, 3.8) is 0 Å². The lowest BCUT2D eigenvalue weighted by molar-refractivity contribution is -0.129. The molecule has 0 atom stereocenters. The van der Waals surface area contributed by atoms with E-state index in [1.54, 1.807) is 18.2 Å². The number of carbonyl (C=O) groups is 3. The second kappa shape index (κ2) is 8.53. The van der Waals surface area contributed by atoms with Gasteiger partial charge in [0.2, 0.25) is 5.91 Å². The van der Waals surface area contributed by atoms with Crippen molar-refractivity contribution >= 4 is 57.8 Å². The number of benzene rings is 1. The lowest BCUT2D eigenvalue weighted by Crippen LogP contribution is -2.40. The average molecular weight is 407 g/mol. The van der Waals surface area contributed by atoms with Crippen LogP contribution in [0.15, 0.2) is 46.7 Å². The molecule has 1 aromatic heterocycles. The van der Waals surface area contributed by atoms with Crippen molar-refractivity contribution < 1.29 is 14.4 Å². The molecule has 0 spiro atoms. The molecule has 0 bridgehead atoms. The summed E-state index contributed by atoms with van der Waals surface area (Å²) in [6, 6.07) is 11.1. The van der Waals surface area contributed by atoms with Crippen LogP contribution in [0.25, 0.3) is 6.08 Å². The van der Waals surface area contributed by atoms with Gasteiger partial charge in [-0.15, -0.1) is 11.3 Å². The Balaban J connectivity index is 1.51. The molecule has 0 aliphatic carbocycles. The summed E-state index contributed by atoms with van der Waals surface area (Å²) in [6.07, 6.45) is 2.32. The van der Waals surface area contributed by atoms with Crippen LogP contribution in [0.2, 0.25) is 5.02 Å². The van der Waals surface area contributed by atoms with E-state index in [4.69, 9.17) is 11.6 Å². The molecule has 1 aliphatic rings. The second-order valence-corrected chi connectivity index (χ2v) is 7.92. The fourth-order valence-electron chi connectivity index (χ4n) is 2.34. The number of thiophene rings is 1. The highest BCUT2D eigenvalue weighted by Crippen LogP contribution is 2.32. The van der Waals surface area contributed by atoms with Crippen LogP contribution in [0.1, 0.15) is 10.4 Å². The molecule has 2 heterocycles. The Hall–Kier alpha value is -2.09. The van der Waals surface area contributed by atoms with Gasteiger partial charge in [0.25, 0.3) is 11.1 Å². The maximum absolute atomic E-state index is 12.3. The van der Waals surface area contributed by atoms with E-state index in [0.717, 1.165) is 27.1 Å². The van der Waals surface area contributed by atoms with Crippen molar-refractivity contribution in [3.05, 3.63) is 62.1 Å². The third-order valence-corrected chi connectivity index (χ3v) is 5.62. The third kappa shape index (κ3) is 4.75. The van der Waals surface area contributed by atoms with Crippen LogP contribution in [0, 0.1) is 0 Å². The topological polar surface area (TPSA) is 66.5 Å². The molecule has 2 aromatic rings. The molecule has 3 amide bonds. The van der Waals surface area contributed by atoms with E-state index in [9.17, 15) is 14.4 Å². The van der Waals surface area contributed by atoms with Crippen molar-refractivity contribution in [2.24, 2.45) is 0 Å². The van der Waals surface area contributed by atoms with Crippen LogP contribution in [-0.4, -0.2) is 35.0 Å². The van der Waals surface area contributed by atoms with Crippen LogP contribution in [0.4, 0.5) is 4.79 Å². The molecule has 0 unspecified atom stereocenters. The number of thioether (sulfide) groups is 1. The van der Waals surface area contributed by atoms with Gasteiger partial charge in [-0.2, -0.15) is 0 Å². The molecular formula is C18H15ClN2O3S2. The molecule has 26 heavy (non-hydrogen) atoms. The second-order valence-electron chi connectivity index (χ2n) is 5.51. The molecule has 5 nitrogen and oxygen atoms in total. The molecule has 1 N–H and O–H groups in total. The summed E-state index contributed by atoms with van der Waals surface area (Å²) in [5.41, 5.74) is 1.04. The van der Waals surface area contributed by atoms with Crippen molar-refractivity contribution in [1.82, 2.24) is 10.2 Å². The van der Waals surface area contributed by atoms with Gasteiger partial charge in [0.15, 0.2) is 0 Å². The number of nitrogens with zero attached hydrogens (tertiary/aromatic N) is 1. The van der Waals surface area contributed by atoms with Gasteiger partial charge in [0.05, 0.1) is 4.91 Å². The fourth-order valence-corrected chi connectivity index (χ4v) is 4.02. The van der Waals surface area contributed by atoms with Gasteiger partial charge < -0.3 is 5.32 Å². The Labute approximate surface area is 164 Å². The first-order chi connectivity index (χ1) is 12.5. The number of hydrogen-bond acceptors (Lipinski definition) is 5. The molecule has 1 fully saturated rings. The molecule has 1 aromatic carbocycles. The molecular weight excluding hydrogens is 392 g/mol. The standard InChI is InChI=1S/C18H15ClN2O3S2/c19-13-5-3-12(4-6-13)7-8-20-16(22)11-21-17(23)15(26-18(21)24)10-14-2-1-9-25-14/h1-6,9-10H,7-8,11H2,(H,20,22)/b15-10+. The zero-order chi connectivity index (χ0) is 18.5. The summed E-state index contributed by atoms with van der Waals surface area (Å²) < 4.78 is 0. The highest BCUT2D eigenvalue weighted by molar-refractivity contribution is 8.18. The van der Waals surface area contributed by atoms with E-state index in [2.05, 4.69) is 5.32 Å². The van der Waals surface area contributed by atoms with Crippen molar-refractivity contribution in [1.29, 1.82) is 0 Å². The fraction of sp³-hybridized carbons (Fsp3) is 0.167. The SMILES string of the molecule is O=C(CN1C(=O)S/C(=C/c2cccs2)C1=O)NCCc1ccc(Cl)cc1. The highest BCUT2D eigenvalue weighted by Gasteiger charge is 2.36. The van der Waals surface area contributed by atoms with Crippen LogP contribution in [0.3, 0.4) is 0 Å². The Morgan fingerprint density at radius 1 is 1.19 bits per heavy atom. The number of amides is 3. The number of imide groups is 1. The van der Waals surface area contributed by atoms with Crippen molar-refractivity contribution in [2.75, 3.05) is 13.1 Å². The highest BCUT2D eigenvalue weighted by atomic mass is 35.5. The summed E-state index contributed by atoms with van der Waals surface area (Å²) >= 11 is 8.17. The van der Waals surface area contributed by atoms with Gasteiger partial charge in [0.1, 0.15) is 6.54 Å². The molecule has 0 radical (unpaired) electrons. The lowest BCUT2D eigenvalue weighted by Gasteiger charge is -2.12. The van der Waals surface area contributed by atoms with Crippen LogP contribution >= 0.6 is 34.7 Å². The zero-order valence-electron chi connectivity index (χ0n) is 13.6. The van der Waals surface area contributed by atoms with E-state index < -0.39 is 11.1 Å². The third-order valence-electron chi connectivity index (χ3n) is 3.64. The van der Waals surface area contributed by atoms with Crippen LogP contribution in [-0.2, 0) is 16.0 Å². The Morgan fingerprint density at radius 3 is 2.65 bits per heavy atom. The Kier molecular flexibility index (Phi) is 6.13. The average Bonchev–Trinajstić information content (AvgIpc) is 3.21. The maximum atomic E-state index is 12.3. The first kappa shape index (κ1) is 18.7. The molecule has 0 saturated carbocycles. The molecule has 1 aliphatic heterocycles. The normalized spacial score (nSPS) is 15.7. The van der Waals surface area contributed by atoms with Gasteiger partial charge >= 0.3 is 0 Å². The van der Waals surface area contributed by atoms with E-state index >= 15 is 0 Å². The van der Waals surface area contributed by atoms with Gasteiger partial charge in [-0.05, 0) is 53.4 Å². The van der Waals surface area contributed by atoms with Crippen molar-refractivity contribution in [2.45, 2.75) is 6.42 Å². The number of halogens is 1. The smallest absolute Gasteiger partial charge is 0.294 e. The lowest BCUT2D eigenvalue weighted by atomic mass is 10.1. The first-order valence-corrected chi connectivity index (χ1v) is 9.90.